The van der Waals surface area contributed by atoms with Gasteiger partial charge in [0.15, 0.2) is 17.0 Å². The number of benzene rings is 3. The third kappa shape index (κ3) is 9.57. The number of amides is 1. The summed E-state index contributed by atoms with van der Waals surface area (Å²) < 4.78 is 33.6. The van der Waals surface area contributed by atoms with E-state index in [1.165, 1.54) is 16.7 Å². The molecule has 13 nitrogen and oxygen atoms in total. The number of anilines is 2. The fraction of sp³-hybridized carbons (Fsp3) is 0.405. The first-order chi connectivity index (χ1) is 27.9. The van der Waals surface area contributed by atoms with Crippen molar-refractivity contribution >= 4 is 34.8 Å². The average molecular weight is 801 g/mol. The van der Waals surface area contributed by atoms with E-state index >= 15 is 0 Å². The fourth-order valence-corrected chi connectivity index (χ4v) is 7.86. The molecule has 5 aromatic rings. The molecule has 3 aromatic carbocycles. The van der Waals surface area contributed by atoms with Gasteiger partial charge in [-0.3, -0.25) is 9.69 Å². The zero-order valence-electron chi connectivity index (χ0n) is 31.7. The zero-order valence-corrected chi connectivity index (χ0v) is 31.7. The van der Waals surface area contributed by atoms with Crippen LogP contribution in [0.25, 0.3) is 11.2 Å². The van der Waals surface area contributed by atoms with Crippen LogP contribution in [0, 0.1) is 5.92 Å². The molecule has 306 valence electrons. The molecular weight excluding hydrogens is 754 g/mol. The van der Waals surface area contributed by atoms with Crippen molar-refractivity contribution in [3.05, 3.63) is 114 Å². The van der Waals surface area contributed by atoms with Gasteiger partial charge in [0.2, 0.25) is 11.9 Å². The first kappa shape index (κ1) is 40.6. The van der Waals surface area contributed by atoms with Crippen LogP contribution in [0.4, 0.5) is 24.9 Å². The summed E-state index contributed by atoms with van der Waals surface area (Å²) in [4.78, 5) is 38.9. The van der Waals surface area contributed by atoms with Gasteiger partial charge in [0.05, 0.1) is 18.4 Å². The lowest BCUT2D eigenvalue weighted by atomic mass is 9.84. The Morgan fingerprint density at radius 3 is 2.07 bits per heavy atom. The summed E-state index contributed by atoms with van der Waals surface area (Å²) in [7, 11) is 0. The highest BCUT2D eigenvalue weighted by molar-refractivity contribution is 5.84. The van der Waals surface area contributed by atoms with E-state index in [0.717, 1.165) is 45.3 Å². The lowest BCUT2D eigenvalue weighted by Gasteiger charge is -2.27. The minimum absolute atomic E-state index is 0.00715. The molecule has 2 aliphatic carbocycles. The third-order valence-corrected chi connectivity index (χ3v) is 11.2. The Labute approximate surface area is 333 Å². The van der Waals surface area contributed by atoms with Crippen LogP contribution in [0.2, 0.25) is 0 Å². The number of aliphatic hydroxyl groups is 2. The number of aliphatic hydroxyl groups excluding tert-OH is 2. The molecule has 0 unspecified atom stereocenters. The number of nitrogens with one attached hydrogen (secondary N) is 3. The summed E-state index contributed by atoms with van der Waals surface area (Å²) in [6.07, 6.45) is -1.50. The summed E-state index contributed by atoms with van der Waals surface area (Å²) >= 11 is 0. The molecule has 3 fully saturated rings. The number of halogens is 3. The van der Waals surface area contributed by atoms with E-state index in [0.29, 0.717) is 35.9 Å². The van der Waals surface area contributed by atoms with Crippen LogP contribution in [0.3, 0.4) is 0 Å². The van der Waals surface area contributed by atoms with Gasteiger partial charge in [-0.05, 0) is 42.4 Å². The van der Waals surface area contributed by atoms with Gasteiger partial charge < -0.3 is 35.8 Å². The van der Waals surface area contributed by atoms with Gasteiger partial charge in [-0.25, -0.2) is 9.78 Å². The van der Waals surface area contributed by atoms with E-state index in [2.05, 4.69) is 93.6 Å². The number of nitrogens with zero attached hydrogens (tertiary/aromatic N) is 5. The summed E-state index contributed by atoms with van der Waals surface area (Å²) in [5.74, 6) is -1.67. The van der Waals surface area contributed by atoms with E-state index in [1.807, 2.05) is 22.8 Å². The topological polar surface area (TPSA) is 178 Å². The number of carboxylic acid groups (broad SMARTS) is 1. The molecule has 0 bridgehead atoms. The summed E-state index contributed by atoms with van der Waals surface area (Å²) in [6, 6.07) is 30.5. The number of alkyl halides is 3. The summed E-state index contributed by atoms with van der Waals surface area (Å²) in [5.41, 5.74) is 4.81. The minimum Gasteiger partial charge on any atom is -0.475 e. The van der Waals surface area contributed by atoms with Crippen molar-refractivity contribution in [2.24, 2.45) is 5.92 Å². The maximum Gasteiger partial charge on any atom is 0.490 e. The number of rotatable bonds is 12. The molecule has 2 saturated carbocycles. The van der Waals surface area contributed by atoms with Crippen molar-refractivity contribution in [1.82, 2.24) is 29.7 Å². The number of hydrogen-bond acceptors (Lipinski definition) is 10. The third-order valence-electron chi connectivity index (χ3n) is 11.2. The van der Waals surface area contributed by atoms with Crippen LogP contribution in [0.5, 0.6) is 0 Å². The molecule has 3 aliphatic rings. The SMILES string of the molecule is O=C(N[C@H]1C[C@@H](n2cnc3c(NCC(c4ccccc4)c4ccccc4)nc(N[C@@H]4CCN(Cc5ccccc5)C4)nc32)[C@H](O)[C@@H]1O)C1CCC1.O=C(O)C(F)(F)F. The van der Waals surface area contributed by atoms with Crippen LogP contribution in [-0.4, -0.2) is 102 Å². The van der Waals surface area contributed by atoms with Gasteiger partial charge in [-0.1, -0.05) is 97.4 Å². The lowest BCUT2D eigenvalue weighted by Crippen LogP contribution is -2.46. The monoisotopic (exact) mass is 800 g/mol. The number of carboxylic acids is 1. The van der Waals surface area contributed by atoms with Gasteiger partial charge in [-0.15, -0.1) is 0 Å². The van der Waals surface area contributed by atoms with Crippen molar-refractivity contribution in [2.75, 3.05) is 30.3 Å². The second-order valence-electron chi connectivity index (χ2n) is 15.2. The Kier molecular flexibility index (Phi) is 12.5. The van der Waals surface area contributed by atoms with Crippen molar-refractivity contribution in [3.8, 4) is 0 Å². The number of imidazole rings is 1. The Morgan fingerprint density at radius 1 is 0.862 bits per heavy atom. The van der Waals surface area contributed by atoms with E-state index in [4.69, 9.17) is 24.9 Å². The smallest absolute Gasteiger partial charge is 0.475 e. The van der Waals surface area contributed by atoms with Crippen molar-refractivity contribution in [3.63, 3.8) is 0 Å². The largest absolute Gasteiger partial charge is 0.490 e. The van der Waals surface area contributed by atoms with Crippen molar-refractivity contribution in [2.45, 2.75) is 81.1 Å². The quantitative estimate of drug-likeness (QED) is 0.0960. The molecule has 1 saturated heterocycles. The number of fused-ring (bicyclic) bond motifs is 1. The highest BCUT2D eigenvalue weighted by Crippen LogP contribution is 2.36. The Balaban J connectivity index is 0.000000672. The standard InChI is InChI=1S/C40H46N8O3.C2HF3O2/c49-35-32(44-39(51)29-17-10-18-29)21-33(36(35)50)48-25-42-34-37(41-22-31(27-13-6-2-7-14-27)28-15-8-3-9-16-28)45-40(46-38(34)48)43-30-19-20-47(24-30)23-26-11-4-1-5-12-26;3-2(4,5)1(6)7/h1-9,11-16,25,29-33,35-36,49-50H,10,17-24H2,(H,44,51)(H2,41,43,45,46);(H,6,7)/t30-,32+,33-,35-,36+;/m1./s1. The second kappa shape index (κ2) is 17.9. The van der Waals surface area contributed by atoms with Gasteiger partial charge in [0.1, 0.15) is 12.2 Å². The Bertz CT molecular complexity index is 2100. The van der Waals surface area contributed by atoms with E-state index in [9.17, 15) is 28.2 Å². The molecule has 16 heteroatoms. The molecular formula is C42H47F3N8O5. The fourth-order valence-electron chi connectivity index (χ4n) is 7.86. The van der Waals surface area contributed by atoms with E-state index < -0.39 is 36.4 Å². The normalized spacial score (nSPS) is 22.3. The van der Waals surface area contributed by atoms with Gasteiger partial charge in [0, 0.05) is 44.1 Å². The number of aromatic nitrogens is 4. The molecule has 5 atom stereocenters. The minimum atomic E-state index is -5.08. The highest BCUT2D eigenvalue weighted by Gasteiger charge is 2.45. The Morgan fingerprint density at radius 2 is 1.48 bits per heavy atom. The number of carbonyl (C=O) groups is 2. The van der Waals surface area contributed by atoms with Gasteiger partial charge in [-0.2, -0.15) is 23.1 Å². The van der Waals surface area contributed by atoms with Crippen LogP contribution >= 0.6 is 0 Å². The van der Waals surface area contributed by atoms with Crippen molar-refractivity contribution in [1.29, 1.82) is 0 Å². The maximum atomic E-state index is 12.8. The van der Waals surface area contributed by atoms with Crippen LogP contribution in [0.1, 0.15) is 60.8 Å². The zero-order chi connectivity index (χ0) is 40.8. The Hall–Kier alpha value is -5.58. The molecule has 3 heterocycles. The second-order valence-corrected chi connectivity index (χ2v) is 15.2. The first-order valence-corrected chi connectivity index (χ1v) is 19.5. The van der Waals surface area contributed by atoms with Gasteiger partial charge in [0.25, 0.3) is 0 Å². The molecule has 8 rings (SSSR count). The average Bonchev–Trinajstić information content (AvgIpc) is 3.89. The predicted octanol–water partition coefficient (Wildman–Crippen LogP) is 5.34. The number of carbonyl (C=O) groups excluding carboxylic acids is 1. The van der Waals surface area contributed by atoms with Crippen molar-refractivity contribution < 1.29 is 38.1 Å². The van der Waals surface area contributed by atoms with Crippen LogP contribution in [-0.2, 0) is 16.1 Å². The molecule has 0 radical (unpaired) electrons. The number of likely N-dealkylation sites (tertiary alicyclic amines) is 1. The first-order valence-electron chi connectivity index (χ1n) is 19.5. The van der Waals surface area contributed by atoms with Crippen LogP contribution in [0.15, 0.2) is 97.3 Å². The molecule has 2 aromatic heterocycles. The molecule has 58 heavy (non-hydrogen) atoms. The predicted molar refractivity (Wildman–Crippen MR) is 211 cm³/mol. The highest BCUT2D eigenvalue weighted by atomic mass is 19.4. The molecule has 1 aliphatic heterocycles. The molecule has 1 amide bonds. The van der Waals surface area contributed by atoms with E-state index in [1.54, 1.807) is 6.33 Å². The lowest BCUT2D eigenvalue weighted by molar-refractivity contribution is -0.192. The van der Waals surface area contributed by atoms with E-state index in [-0.39, 0.29) is 23.8 Å². The number of hydrogen-bond donors (Lipinski definition) is 6. The van der Waals surface area contributed by atoms with Gasteiger partial charge >= 0.3 is 12.1 Å². The number of aliphatic carboxylic acids is 1. The summed E-state index contributed by atoms with van der Waals surface area (Å²) in [5, 5.41) is 39.7. The molecule has 0 spiro atoms. The maximum absolute atomic E-state index is 12.8. The molecule has 6 N–H and O–H groups in total. The van der Waals surface area contributed by atoms with Crippen LogP contribution < -0.4 is 16.0 Å². The summed E-state index contributed by atoms with van der Waals surface area (Å²) in [6.45, 7) is 3.28.